The highest BCUT2D eigenvalue weighted by atomic mass is 16.5. The van der Waals surface area contributed by atoms with E-state index in [4.69, 9.17) is 4.52 Å². The molecule has 2 heterocycles. The number of carboxylic acids is 1. The van der Waals surface area contributed by atoms with Crippen LogP contribution in [0.3, 0.4) is 0 Å². The van der Waals surface area contributed by atoms with E-state index < -0.39 is 11.9 Å². The highest BCUT2D eigenvalue weighted by Gasteiger charge is 2.35. The number of carbonyl (C=O) groups is 1. The number of nitrogens with zero attached hydrogens (tertiary/aromatic N) is 3. The minimum absolute atomic E-state index is 0.186. The third-order valence-corrected chi connectivity index (χ3v) is 4.12. The molecule has 21 heavy (non-hydrogen) atoms. The second-order valence-electron chi connectivity index (χ2n) is 5.48. The van der Waals surface area contributed by atoms with E-state index in [1.807, 2.05) is 13.0 Å². The van der Waals surface area contributed by atoms with E-state index in [1.165, 1.54) is 0 Å². The van der Waals surface area contributed by atoms with E-state index in [1.54, 1.807) is 12.4 Å². The maximum Gasteiger partial charge on any atom is 0.307 e. The van der Waals surface area contributed by atoms with Crippen LogP contribution in [0.1, 0.15) is 43.1 Å². The molecule has 0 bridgehead atoms. The molecule has 1 fully saturated rings. The second kappa shape index (κ2) is 5.63. The van der Waals surface area contributed by atoms with Crippen molar-refractivity contribution < 1.29 is 14.4 Å². The van der Waals surface area contributed by atoms with Gasteiger partial charge in [-0.15, -0.1) is 0 Å². The third-order valence-electron chi connectivity index (χ3n) is 4.12. The summed E-state index contributed by atoms with van der Waals surface area (Å²) in [6.07, 6.45) is 6.80. The fourth-order valence-corrected chi connectivity index (χ4v) is 2.92. The molecule has 2 aromatic heterocycles. The molecule has 0 aromatic carbocycles. The number of rotatable bonds is 3. The zero-order valence-electron chi connectivity index (χ0n) is 11.8. The number of aromatic nitrogens is 3. The molecule has 3 rings (SSSR count). The topological polar surface area (TPSA) is 89.1 Å². The number of hydrogen-bond acceptors (Lipinski definition) is 5. The summed E-state index contributed by atoms with van der Waals surface area (Å²) in [6, 6.07) is 1.88. The lowest BCUT2D eigenvalue weighted by Gasteiger charge is -2.25. The first kappa shape index (κ1) is 13.7. The van der Waals surface area contributed by atoms with Gasteiger partial charge in [-0.05, 0) is 31.4 Å². The Bertz CT molecular complexity index is 653. The largest absolute Gasteiger partial charge is 0.481 e. The summed E-state index contributed by atoms with van der Waals surface area (Å²) >= 11 is 0. The molecular formula is C15H17N3O3. The van der Waals surface area contributed by atoms with E-state index in [-0.39, 0.29) is 5.92 Å². The Balaban J connectivity index is 1.91. The summed E-state index contributed by atoms with van der Waals surface area (Å²) in [7, 11) is 0. The van der Waals surface area contributed by atoms with E-state index >= 15 is 0 Å². The zero-order valence-corrected chi connectivity index (χ0v) is 11.8. The van der Waals surface area contributed by atoms with Crippen molar-refractivity contribution in [3.05, 3.63) is 29.9 Å². The Labute approximate surface area is 122 Å². The van der Waals surface area contributed by atoms with Crippen molar-refractivity contribution in [2.45, 2.75) is 38.5 Å². The first-order valence-electron chi connectivity index (χ1n) is 7.14. The molecule has 6 nitrogen and oxygen atoms in total. The maximum absolute atomic E-state index is 11.4. The molecule has 0 radical (unpaired) electrons. The van der Waals surface area contributed by atoms with Gasteiger partial charge in [0.2, 0.25) is 11.7 Å². The quantitative estimate of drug-likeness (QED) is 0.933. The monoisotopic (exact) mass is 287 g/mol. The van der Waals surface area contributed by atoms with E-state index in [0.29, 0.717) is 18.1 Å². The van der Waals surface area contributed by atoms with Crippen LogP contribution >= 0.6 is 0 Å². The lowest BCUT2D eigenvalue weighted by atomic mass is 9.79. The van der Waals surface area contributed by atoms with Gasteiger partial charge < -0.3 is 9.63 Å². The van der Waals surface area contributed by atoms with Crippen molar-refractivity contribution in [2.75, 3.05) is 0 Å². The van der Waals surface area contributed by atoms with Gasteiger partial charge in [0, 0.05) is 18.0 Å². The minimum atomic E-state index is -0.781. The van der Waals surface area contributed by atoms with Gasteiger partial charge in [-0.25, -0.2) is 0 Å². The number of aliphatic carboxylic acids is 1. The molecule has 1 saturated carbocycles. The molecule has 110 valence electrons. The highest BCUT2D eigenvalue weighted by Crippen LogP contribution is 2.37. The summed E-state index contributed by atoms with van der Waals surface area (Å²) in [5.74, 6) is -0.487. The van der Waals surface area contributed by atoms with Gasteiger partial charge >= 0.3 is 5.97 Å². The Kier molecular flexibility index (Phi) is 3.68. The van der Waals surface area contributed by atoms with Crippen LogP contribution in [0.5, 0.6) is 0 Å². The normalized spacial score (nSPS) is 22.1. The lowest BCUT2D eigenvalue weighted by molar-refractivity contribution is -0.143. The summed E-state index contributed by atoms with van der Waals surface area (Å²) in [6.45, 7) is 1.95. The molecule has 0 saturated heterocycles. The van der Waals surface area contributed by atoms with Gasteiger partial charge in [0.05, 0.1) is 11.8 Å². The molecule has 1 aliphatic carbocycles. The Morgan fingerprint density at radius 3 is 2.95 bits per heavy atom. The van der Waals surface area contributed by atoms with Crippen molar-refractivity contribution in [2.24, 2.45) is 5.92 Å². The molecular weight excluding hydrogens is 270 g/mol. The number of hydrogen-bond donors (Lipinski definition) is 1. The molecule has 2 atom stereocenters. The molecule has 0 amide bonds. The zero-order chi connectivity index (χ0) is 14.8. The summed E-state index contributed by atoms with van der Waals surface area (Å²) in [4.78, 5) is 19.9. The molecule has 2 unspecified atom stereocenters. The number of aryl methyl sites for hydroxylation is 1. The standard InChI is InChI=1S/C15H17N3O3/c1-9-6-7-16-8-12(9)13-17-14(21-18-13)10-4-2-3-5-11(10)15(19)20/h6-8,10-11H,2-5H2,1H3,(H,19,20). The fourth-order valence-electron chi connectivity index (χ4n) is 2.92. The smallest absolute Gasteiger partial charge is 0.307 e. The Morgan fingerprint density at radius 2 is 2.19 bits per heavy atom. The third kappa shape index (κ3) is 2.66. The Hall–Kier alpha value is -2.24. The van der Waals surface area contributed by atoms with Crippen molar-refractivity contribution >= 4 is 5.97 Å². The summed E-state index contributed by atoms with van der Waals surface area (Å²) in [5.41, 5.74) is 1.82. The van der Waals surface area contributed by atoms with Crippen molar-refractivity contribution in [3.8, 4) is 11.4 Å². The van der Waals surface area contributed by atoms with Crippen LogP contribution in [-0.2, 0) is 4.79 Å². The minimum Gasteiger partial charge on any atom is -0.481 e. The number of carboxylic acid groups (broad SMARTS) is 1. The van der Waals surface area contributed by atoms with Gasteiger partial charge in [-0.2, -0.15) is 4.98 Å². The SMILES string of the molecule is Cc1ccncc1-c1noc(C2CCCCC2C(=O)O)n1. The van der Waals surface area contributed by atoms with E-state index in [0.717, 1.165) is 30.4 Å². The number of pyridine rings is 1. The van der Waals surface area contributed by atoms with Crippen LogP contribution in [0.2, 0.25) is 0 Å². The maximum atomic E-state index is 11.4. The van der Waals surface area contributed by atoms with Gasteiger partial charge in [0.1, 0.15) is 0 Å². The van der Waals surface area contributed by atoms with Crippen LogP contribution in [0, 0.1) is 12.8 Å². The predicted molar refractivity (Wildman–Crippen MR) is 74.6 cm³/mol. The predicted octanol–water partition coefficient (Wildman–Crippen LogP) is 2.80. The summed E-state index contributed by atoms with van der Waals surface area (Å²) in [5, 5.41) is 13.3. The first-order valence-corrected chi connectivity index (χ1v) is 7.14. The first-order chi connectivity index (χ1) is 10.2. The average molecular weight is 287 g/mol. The Morgan fingerprint density at radius 1 is 1.38 bits per heavy atom. The van der Waals surface area contributed by atoms with Crippen molar-refractivity contribution in [3.63, 3.8) is 0 Å². The van der Waals surface area contributed by atoms with Crippen LogP contribution in [0.4, 0.5) is 0 Å². The summed E-state index contributed by atoms with van der Waals surface area (Å²) < 4.78 is 5.34. The van der Waals surface area contributed by atoms with Crippen LogP contribution in [-0.4, -0.2) is 26.2 Å². The molecule has 0 spiro atoms. The van der Waals surface area contributed by atoms with Gasteiger partial charge in [-0.3, -0.25) is 9.78 Å². The van der Waals surface area contributed by atoms with Gasteiger partial charge in [0.25, 0.3) is 0 Å². The average Bonchev–Trinajstić information content (AvgIpc) is 2.97. The molecule has 0 aliphatic heterocycles. The van der Waals surface area contributed by atoms with Crippen LogP contribution < -0.4 is 0 Å². The molecule has 1 aliphatic rings. The lowest BCUT2D eigenvalue weighted by Crippen LogP contribution is -2.25. The van der Waals surface area contributed by atoms with Crippen LogP contribution in [0.15, 0.2) is 23.0 Å². The van der Waals surface area contributed by atoms with E-state index in [9.17, 15) is 9.90 Å². The van der Waals surface area contributed by atoms with Gasteiger partial charge in [0.15, 0.2) is 0 Å². The fraction of sp³-hybridized carbons (Fsp3) is 0.467. The molecule has 6 heteroatoms. The molecule has 2 aromatic rings. The van der Waals surface area contributed by atoms with Crippen molar-refractivity contribution in [1.82, 2.24) is 15.1 Å². The molecule has 1 N–H and O–H groups in total. The van der Waals surface area contributed by atoms with Gasteiger partial charge in [-0.1, -0.05) is 18.0 Å². The van der Waals surface area contributed by atoms with Crippen LogP contribution in [0.25, 0.3) is 11.4 Å². The second-order valence-corrected chi connectivity index (χ2v) is 5.48. The highest BCUT2D eigenvalue weighted by molar-refractivity contribution is 5.71. The van der Waals surface area contributed by atoms with E-state index in [2.05, 4.69) is 15.1 Å². The van der Waals surface area contributed by atoms with Crippen molar-refractivity contribution in [1.29, 1.82) is 0 Å².